The van der Waals surface area contributed by atoms with E-state index in [0.717, 1.165) is 29.7 Å². The van der Waals surface area contributed by atoms with Gasteiger partial charge >= 0.3 is 0 Å². The Kier molecular flexibility index (Phi) is 3.46. The minimum Gasteiger partial charge on any atom is -0.369 e. The largest absolute Gasteiger partial charge is 0.369 e. The van der Waals surface area contributed by atoms with E-state index in [-0.39, 0.29) is 4.75 Å². The maximum absolute atomic E-state index is 12.1. The van der Waals surface area contributed by atoms with Crippen LogP contribution < -0.4 is 4.90 Å². The molecule has 0 N–H and O–H groups in total. The summed E-state index contributed by atoms with van der Waals surface area (Å²) in [5.74, 6) is 0.706. The van der Waals surface area contributed by atoms with Gasteiger partial charge in [-0.05, 0) is 38.1 Å². The number of rotatable bonds is 1. The van der Waals surface area contributed by atoms with Gasteiger partial charge in [0.25, 0.3) is 0 Å². The van der Waals surface area contributed by atoms with Gasteiger partial charge in [-0.3, -0.25) is 9.19 Å². The number of benzene rings is 1. The smallest absolute Gasteiger partial charge is 0.0723 e. The van der Waals surface area contributed by atoms with E-state index in [4.69, 9.17) is 11.6 Å². The number of nitrogens with zero attached hydrogens (tertiary/aromatic N) is 2. The van der Waals surface area contributed by atoms with Gasteiger partial charge in [-0.15, -0.1) is 0 Å². The summed E-state index contributed by atoms with van der Waals surface area (Å²) in [4.78, 5) is 6.68. The molecule has 0 unspecified atom stereocenters. The summed E-state index contributed by atoms with van der Waals surface area (Å²) in [5, 5.41) is 1.77. The van der Waals surface area contributed by atoms with Crippen molar-refractivity contribution < 1.29 is 4.21 Å². The van der Waals surface area contributed by atoms with Gasteiger partial charge in [0.1, 0.15) is 0 Å². The first-order chi connectivity index (χ1) is 9.47. The van der Waals surface area contributed by atoms with Gasteiger partial charge in [0, 0.05) is 51.9 Å². The lowest BCUT2D eigenvalue weighted by atomic mass is 10.1. The van der Waals surface area contributed by atoms with Gasteiger partial charge in [0.05, 0.1) is 10.3 Å². The third kappa shape index (κ3) is 2.42. The van der Waals surface area contributed by atoms with Crippen molar-refractivity contribution in [2.24, 2.45) is 0 Å². The molecular weight excluding hydrogens is 292 g/mol. The van der Waals surface area contributed by atoms with Gasteiger partial charge in [0.15, 0.2) is 0 Å². The molecule has 20 heavy (non-hydrogen) atoms. The molecule has 0 radical (unpaired) electrons. The number of pyridine rings is 1. The Balaban J connectivity index is 2.06. The minimum atomic E-state index is -0.766. The maximum atomic E-state index is 12.1. The average Bonchev–Trinajstić information content (AvgIpc) is 2.41. The minimum absolute atomic E-state index is 0.188. The van der Waals surface area contributed by atoms with Crippen molar-refractivity contribution in [3.8, 4) is 0 Å². The van der Waals surface area contributed by atoms with Crippen LogP contribution in [0.5, 0.6) is 0 Å². The molecule has 0 spiro atoms. The highest BCUT2D eigenvalue weighted by Gasteiger charge is 2.33. The van der Waals surface area contributed by atoms with Crippen LogP contribution in [-0.2, 0) is 10.8 Å². The van der Waals surface area contributed by atoms with Gasteiger partial charge in [0.2, 0.25) is 0 Å². The molecule has 0 bridgehead atoms. The standard InChI is InChI=1S/C15H17ClN2OS/c1-15(2)10-18(7-8-20(15)19)14-5-6-17-13-4-3-11(16)9-12(13)14/h3-6,9H,7-8,10H2,1-2H3/t20-/m1/s1. The van der Waals surface area contributed by atoms with Crippen molar-refractivity contribution >= 4 is 39.0 Å². The molecule has 1 aromatic heterocycles. The van der Waals surface area contributed by atoms with E-state index in [9.17, 15) is 4.21 Å². The monoisotopic (exact) mass is 308 g/mol. The van der Waals surface area contributed by atoms with Gasteiger partial charge in [-0.25, -0.2) is 0 Å². The fourth-order valence-corrected chi connectivity index (χ4v) is 4.08. The van der Waals surface area contributed by atoms with Crippen molar-refractivity contribution in [3.63, 3.8) is 0 Å². The second-order valence-electron chi connectivity index (χ2n) is 5.72. The molecule has 3 rings (SSSR count). The fourth-order valence-electron chi connectivity index (χ4n) is 2.67. The Morgan fingerprint density at radius 1 is 1.35 bits per heavy atom. The molecule has 2 heterocycles. The number of aromatic nitrogens is 1. The Morgan fingerprint density at radius 3 is 2.90 bits per heavy atom. The molecule has 1 aliphatic heterocycles. The van der Waals surface area contributed by atoms with E-state index < -0.39 is 10.8 Å². The second-order valence-corrected chi connectivity index (χ2v) is 8.36. The highest BCUT2D eigenvalue weighted by Crippen LogP contribution is 2.31. The Labute approximate surface area is 126 Å². The van der Waals surface area contributed by atoms with Gasteiger partial charge < -0.3 is 4.90 Å². The normalized spacial score (nSPS) is 22.1. The summed E-state index contributed by atoms with van der Waals surface area (Å²) >= 11 is 6.11. The molecule has 1 aliphatic rings. The average molecular weight is 309 g/mol. The number of hydrogen-bond acceptors (Lipinski definition) is 3. The molecule has 0 saturated carbocycles. The Hall–Kier alpha value is -1.13. The zero-order chi connectivity index (χ0) is 14.3. The summed E-state index contributed by atoms with van der Waals surface area (Å²) in [6.07, 6.45) is 1.82. The summed E-state index contributed by atoms with van der Waals surface area (Å²) in [7, 11) is -0.766. The summed E-state index contributed by atoms with van der Waals surface area (Å²) in [5.41, 5.74) is 2.07. The maximum Gasteiger partial charge on any atom is 0.0723 e. The van der Waals surface area contributed by atoms with E-state index in [0.29, 0.717) is 10.8 Å². The summed E-state index contributed by atoms with van der Waals surface area (Å²) in [6, 6.07) is 7.77. The summed E-state index contributed by atoms with van der Waals surface area (Å²) in [6.45, 7) is 5.71. The number of hydrogen-bond donors (Lipinski definition) is 0. The molecule has 1 aromatic carbocycles. The van der Waals surface area contributed by atoms with E-state index in [1.807, 2.05) is 30.5 Å². The van der Waals surface area contributed by atoms with Crippen LogP contribution in [0, 0.1) is 0 Å². The first-order valence-corrected chi connectivity index (χ1v) is 8.35. The lowest BCUT2D eigenvalue weighted by molar-refractivity contribution is 0.590. The lowest BCUT2D eigenvalue weighted by Gasteiger charge is -2.39. The van der Waals surface area contributed by atoms with Crippen molar-refractivity contribution in [2.45, 2.75) is 18.6 Å². The quantitative estimate of drug-likeness (QED) is 0.811. The van der Waals surface area contributed by atoms with Crippen LogP contribution in [0.25, 0.3) is 10.9 Å². The van der Waals surface area contributed by atoms with Gasteiger partial charge in [-0.2, -0.15) is 0 Å². The van der Waals surface area contributed by atoms with Crippen molar-refractivity contribution in [3.05, 3.63) is 35.5 Å². The third-order valence-electron chi connectivity index (χ3n) is 3.76. The van der Waals surface area contributed by atoms with E-state index in [1.54, 1.807) is 0 Å². The molecule has 2 aromatic rings. The van der Waals surface area contributed by atoms with Crippen molar-refractivity contribution in [1.82, 2.24) is 4.98 Å². The first-order valence-electron chi connectivity index (χ1n) is 6.65. The molecule has 0 amide bonds. The van der Waals surface area contributed by atoms with Crippen LogP contribution in [0.2, 0.25) is 5.02 Å². The predicted molar refractivity (Wildman–Crippen MR) is 86.1 cm³/mol. The van der Waals surface area contributed by atoms with Gasteiger partial charge in [-0.1, -0.05) is 11.6 Å². The highest BCUT2D eigenvalue weighted by atomic mass is 35.5. The van der Waals surface area contributed by atoms with Crippen LogP contribution in [0.15, 0.2) is 30.5 Å². The molecule has 5 heteroatoms. The van der Waals surface area contributed by atoms with E-state index >= 15 is 0 Å². The van der Waals surface area contributed by atoms with Crippen LogP contribution in [-0.4, -0.2) is 32.8 Å². The SMILES string of the molecule is CC1(C)CN(c2ccnc3ccc(Cl)cc23)CC[S@]1=O. The fraction of sp³-hybridized carbons (Fsp3) is 0.400. The lowest BCUT2D eigenvalue weighted by Crippen LogP contribution is -2.50. The molecular formula is C15H17ClN2OS. The molecule has 106 valence electrons. The van der Waals surface area contributed by atoms with Crippen molar-refractivity contribution in [1.29, 1.82) is 0 Å². The number of fused-ring (bicyclic) bond motifs is 1. The zero-order valence-corrected chi connectivity index (χ0v) is 13.2. The zero-order valence-electron chi connectivity index (χ0n) is 11.6. The van der Waals surface area contributed by atoms with E-state index in [2.05, 4.69) is 23.7 Å². The van der Waals surface area contributed by atoms with Crippen LogP contribution in [0.1, 0.15) is 13.8 Å². The number of anilines is 1. The topological polar surface area (TPSA) is 33.2 Å². The first kappa shape index (κ1) is 13.8. The Bertz CT molecular complexity index is 687. The third-order valence-corrected chi connectivity index (χ3v) is 5.91. The van der Waals surface area contributed by atoms with E-state index in [1.165, 1.54) is 0 Å². The highest BCUT2D eigenvalue weighted by molar-refractivity contribution is 7.86. The van der Waals surface area contributed by atoms with Crippen LogP contribution in [0.4, 0.5) is 5.69 Å². The Morgan fingerprint density at radius 2 is 2.15 bits per heavy atom. The summed E-state index contributed by atoms with van der Waals surface area (Å²) < 4.78 is 11.9. The van der Waals surface area contributed by atoms with Crippen LogP contribution in [0.3, 0.4) is 0 Å². The molecule has 0 aliphatic carbocycles. The number of halogens is 1. The van der Waals surface area contributed by atoms with Crippen molar-refractivity contribution in [2.75, 3.05) is 23.7 Å². The second kappa shape index (κ2) is 5.01. The van der Waals surface area contributed by atoms with Crippen LogP contribution >= 0.6 is 11.6 Å². The molecule has 1 saturated heterocycles. The molecule has 1 atom stereocenters. The predicted octanol–water partition coefficient (Wildman–Crippen LogP) is 3.24. The molecule has 1 fully saturated rings. The molecule has 3 nitrogen and oxygen atoms in total.